The van der Waals surface area contributed by atoms with Gasteiger partial charge in [0.2, 0.25) is 5.91 Å². The third-order valence-electron chi connectivity index (χ3n) is 5.41. The quantitative estimate of drug-likeness (QED) is 0.445. The lowest BCUT2D eigenvalue weighted by Crippen LogP contribution is -2.33. The Morgan fingerprint density at radius 3 is 2.75 bits per heavy atom. The van der Waals surface area contributed by atoms with Crippen molar-refractivity contribution in [2.75, 3.05) is 13.7 Å². The summed E-state index contributed by atoms with van der Waals surface area (Å²) < 4.78 is 5.29. The first-order chi connectivity index (χ1) is 15.5. The molecule has 9 heteroatoms. The SMILES string of the molecule is COc1ccccc1CN1C(=O)N[C@H](CCC(=O)NCCc2nc3ccccc3[nH]2)C1=O. The summed E-state index contributed by atoms with van der Waals surface area (Å²) in [7, 11) is 1.54. The van der Waals surface area contributed by atoms with E-state index in [9.17, 15) is 14.4 Å². The first-order valence-electron chi connectivity index (χ1n) is 10.5. The van der Waals surface area contributed by atoms with Crippen molar-refractivity contribution in [3.05, 3.63) is 59.9 Å². The summed E-state index contributed by atoms with van der Waals surface area (Å²) in [6, 6.07) is 13.8. The van der Waals surface area contributed by atoms with Gasteiger partial charge in [0.15, 0.2) is 0 Å². The summed E-state index contributed by atoms with van der Waals surface area (Å²) >= 11 is 0. The first-order valence-corrected chi connectivity index (χ1v) is 10.5. The van der Waals surface area contributed by atoms with Crippen LogP contribution in [0.1, 0.15) is 24.2 Å². The highest BCUT2D eigenvalue weighted by molar-refractivity contribution is 6.04. The number of carbonyl (C=O) groups excluding carboxylic acids is 3. The number of ether oxygens (including phenoxy) is 1. The summed E-state index contributed by atoms with van der Waals surface area (Å²) in [6.07, 6.45) is 0.953. The number of para-hydroxylation sites is 3. The monoisotopic (exact) mass is 435 g/mol. The Morgan fingerprint density at radius 1 is 1.16 bits per heavy atom. The third kappa shape index (κ3) is 4.72. The molecule has 3 aromatic rings. The Balaban J connectivity index is 1.24. The van der Waals surface area contributed by atoms with Gasteiger partial charge in [0.25, 0.3) is 5.91 Å². The third-order valence-corrected chi connectivity index (χ3v) is 5.41. The minimum absolute atomic E-state index is 0.120. The molecular weight excluding hydrogens is 410 g/mol. The van der Waals surface area contributed by atoms with Gasteiger partial charge in [-0.05, 0) is 24.6 Å². The molecule has 1 saturated heterocycles. The number of methoxy groups -OCH3 is 1. The average molecular weight is 435 g/mol. The van der Waals surface area contributed by atoms with Crippen LogP contribution in [0.5, 0.6) is 5.75 Å². The van der Waals surface area contributed by atoms with E-state index < -0.39 is 12.1 Å². The van der Waals surface area contributed by atoms with Gasteiger partial charge >= 0.3 is 6.03 Å². The Bertz CT molecular complexity index is 1110. The van der Waals surface area contributed by atoms with Crippen molar-refractivity contribution in [1.29, 1.82) is 0 Å². The molecule has 9 nitrogen and oxygen atoms in total. The van der Waals surface area contributed by atoms with E-state index in [1.54, 1.807) is 13.2 Å². The van der Waals surface area contributed by atoms with Crippen LogP contribution in [0.25, 0.3) is 11.0 Å². The number of hydrogen-bond acceptors (Lipinski definition) is 5. The fourth-order valence-electron chi connectivity index (χ4n) is 3.73. The van der Waals surface area contributed by atoms with Gasteiger partial charge < -0.3 is 20.4 Å². The van der Waals surface area contributed by atoms with Gasteiger partial charge in [-0.3, -0.25) is 14.5 Å². The number of hydrogen-bond donors (Lipinski definition) is 3. The van der Waals surface area contributed by atoms with E-state index in [0.29, 0.717) is 18.7 Å². The second kappa shape index (κ2) is 9.51. The molecule has 1 aliphatic heterocycles. The highest BCUT2D eigenvalue weighted by Gasteiger charge is 2.38. The maximum atomic E-state index is 12.7. The van der Waals surface area contributed by atoms with Crippen LogP contribution in [0, 0.1) is 0 Å². The van der Waals surface area contributed by atoms with Crippen LogP contribution in [0.15, 0.2) is 48.5 Å². The number of nitrogens with zero attached hydrogens (tertiary/aromatic N) is 2. The molecule has 0 saturated carbocycles. The molecule has 0 bridgehead atoms. The number of aromatic amines is 1. The predicted octanol–water partition coefficient (Wildman–Crippen LogP) is 2.13. The number of fused-ring (bicyclic) bond motifs is 1. The number of benzene rings is 2. The Labute approximate surface area is 185 Å². The van der Waals surface area contributed by atoms with Crippen molar-refractivity contribution in [1.82, 2.24) is 25.5 Å². The maximum absolute atomic E-state index is 12.7. The number of H-pyrrole nitrogens is 1. The number of urea groups is 1. The highest BCUT2D eigenvalue weighted by atomic mass is 16.5. The lowest BCUT2D eigenvalue weighted by Gasteiger charge is -2.15. The fourth-order valence-corrected chi connectivity index (χ4v) is 3.73. The number of aromatic nitrogens is 2. The fraction of sp³-hybridized carbons (Fsp3) is 0.304. The molecule has 3 N–H and O–H groups in total. The lowest BCUT2D eigenvalue weighted by molar-refractivity contribution is -0.128. The smallest absolute Gasteiger partial charge is 0.325 e. The largest absolute Gasteiger partial charge is 0.496 e. The molecule has 0 unspecified atom stereocenters. The van der Waals surface area contributed by atoms with Gasteiger partial charge in [0.05, 0.1) is 24.7 Å². The highest BCUT2D eigenvalue weighted by Crippen LogP contribution is 2.22. The van der Waals surface area contributed by atoms with Crippen LogP contribution < -0.4 is 15.4 Å². The number of nitrogens with one attached hydrogen (secondary N) is 3. The molecule has 1 fully saturated rings. The van der Waals surface area contributed by atoms with Crippen molar-refractivity contribution in [2.24, 2.45) is 0 Å². The molecule has 2 aromatic carbocycles. The average Bonchev–Trinajstić information content (AvgIpc) is 3.33. The van der Waals surface area contributed by atoms with Crippen molar-refractivity contribution >= 4 is 28.9 Å². The first kappa shape index (κ1) is 21.4. The number of rotatable bonds is 9. The molecule has 1 aliphatic rings. The molecular formula is C23H25N5O4. The summed E-state index contributed by atoms with van der Waals surface area (Å²) in [5.74, 6) is 0.902. The Morgan fingerprint density at radius 2 is 1.94 bits per heavy atom. The molecule has 4 rings (SSSR count). The standard InChI is InChI=1S/C23H25N5O4/c1-32-19-9-5-2-6-15(19)14-28-22(30)18(27-23(28)31)10-11-21(29)24-13-12-20-25-16-7-3-4-8-17(16)26-20/h2-9,18H,10-14H2,1H3,(H,24,29)(H,25,26)(H,27,31)/t18-/m1/s1. The van der Waals surface area contributed by atoms with Crippen LogP contribution >= 0.6 is 0 Å². The van der Waals surface area contributed by atoms with E-state index in [0.717, 1.165) is 27.3 Å². The predicted molar refractivity (Wildman–Crippen MR) is 118 cm³/mol. The maximum Gasteiger partial charge on any atom is 0.325 e. The van der Waals surface area contributed by atoms with Gasteiger partial charge in [-0.15, -0.1) is 0 Å². The van der Waals surface area contributed by atoms with Crippen LogP contribution in [0.2, 0.25) is 0 Å². The van der Waals surface area contributed by atoms with E-state index in [4.69, 9.17) is 4.74 Å². The van der Waals surface area contributed by atoms with E-state index in [-0.39, 0.29) is 31.2 Å². The second-order valence-electron chi connectivity index (χ2n) is 7.58. The van der Waals surface area contributed by atoms with Gasteiger partial charge in [-0.25, -0.2) is 9.78 Å². The van der Waals surface area contributed by atoms with Crippen molar-refractivity contribution in [2.45, 2.75) is 31.8 Å². The van der Waals surface area contributed by atoms with Crippen molar-refractivity contribution in [3.8, 4) is 5.75 Å². The number of imide groups is 1. The molecule has 166 valence electrons. The molecule has 0 radical (unpaired) electrons. The van der Waals surface area contributed by atoms with Crippen molar-refractivity contribution < 1.29 is 19.1 Å². The summed E-state index contributed by atoms with van der Waals surface area (Å²) in [5.41, 5.74) is 2.59. The lowest BCUT2D eigenvalue weighted by atomic mass is 10.1. The van der Waals surface area contributed by atoms with E-state index >= 15 is 0 Å². The summed E-state index contributed by atoms with van der Waals surface area (Å²) in [5, 5.41) is 5.50. The molecule has 1 aromatic heterocycles. The van der Waals surface area contributed by atoms with Gasteiger partial charge in [-0.2, -0.15) is 0 Å². The minimum atomic E-state index is -0.710. The molecule has 1 atom stereocenters. The molecule has 32 heavy (non-hydrogen) atoms. The number of amides is 4. The van der Waals surface area contributed by atoms with Crippen molar-refractivity contribution in [3.63, 3.8) is 0 Å². The number of carbonyl (C=O) groups is 3. The van der Waals surface area contributed by atoms with Crippen LogP contribution in [-0.4, -0.2) is 52.4 Å². The van der Waals surface area contributed by atoms with E-state index in [1.807, 2.05) is 42.5 Å². The topological polar surface area (TPSA) is 116 Å². The molecule has 0 aliphatic carbocycles. The van der Waals surface area contributed by atoms with Crippen LogP contribution in [0.4, 0.5) is 4.79 Å². The van der Waals surface area contributed by atoms with Gasteiger partial charge in [-0.1, -0.05) is 30.3 Å². The summed E-state index contributed by atoms with van der Waals surface area (Å²) in [6.45, 7) is 0.554. The van der Waals surface area contributed by atoms with Crippen LogP contribution in [-0.2, 0) is 22.6 Å². The Hall–Kier alpha value is -3.88. The van der Waals surface area contributed by atoms with Gasteiger partial charge in [0.1, 0.15) is 17.6 Å². The normalized spacial score (nSPS) is 15.8. The molecule has 2 heterocycles. The second-order valence-corrected chi connectivity index (χ2v) is 7.58. The number of imidazole rings is 1. The Kier molecular flexibility index (Phi) is 6.34. The van der Waals surface area contributed by atoms with Gasteiger partial charge in [0, 0.05) is 24.9 Å². The van der Waals surface area contributed by atoms with Crippen LogP contribution in [0.3, 0.4) is 0 Å². The zero-order valence-corrected chi connectivity index (χ0v) is 17.8. The summed E-state index contributed by atoms with van der Waals surface area (Å²) in [4.78, 5) is 46.0. The zero-order valence-electron chi connectivity index (χ0n) is 17.8. The zero-order chi connectivity index (χ0) is 22.5. The van der Waals surface area contributed by atoms with E-state index in [2.05, 4.69) is 20.6 Å². The molecule has 0 spiro atoms. The van der Waals surface area contributed by atoms with E-state index in [1.165, 1.54) is 0 Å². The minimum Gasteiger partial charge on any atom is -0.496 e. The molecule has 4 amide bonds.